The van der Waals surface area contributed by atoms with Crippen molar-refractivity contribution < 1.29 is 14.3 Å². The van der Waals surface area contributed by atoms with Gasteiger partial charge in [0.05, 0.1) is 7.11 Å². The van der Waals surface area contributed by atoms with Gasteiger partial charge in [-0.1, -0.05) is 12.2 Å². The molecule has 98 valence electrons. The van der Waals surface area contributed by atoms with Crippen molar-refractivity contribution in [1.82, 2.24) is 0 Å². The second-order valence-corrected chi connectivity index (χ2v) is 4.83. The van der Waals surface area contributed by atoms with E-state index in [-0.39, 0.29) is 12.2 Å². The Kier molecular flexibility index (Phi) is 5.15. The molecule has 0 aromatic rings. The number of rotatable bonds is 4. The van der Waals surface area contributed by atoms with Crippen LogP contribution in [0.15, 0.2) is 12.2 Å². The molecule has 0 radical (unpaired) electrons. The summed E-state index contributed by atoms with van der Waals surface area (Å²) in [6, 6.07) is 0. The Hall–Kier alpha value is -1.56. The first-order valence-corrected chi connectivity index (χ1v) is 6.28. The second-order valence-electron chi connectivity index (χ2n) is 4.83. The van der Waals surface area contributed by atoms with E-state index in [9.17, 15) is 9.59 Å². The number of terminal acetylenes is 1. The van der Waals surface area contributed by atoms with Gasteiger partial charge in [-0.3, -0.25) is 9.59 Å². The molecule has 0 aromatic heterocycles. The first-order valence-electron chi connectivity index (χ1n) is 6.28. The highest BCUT2D eigenvalue weighted by atomic mass is 16.5. The van der Waals surface area contributed by atoms with Gasteiger partial charge in [0.25, 0.3) is 0 Å². The highest BCUT2D eigenvalue weighted by Gasteiger charge is 2.46. The zero-order valence-corrected chi connectivity index (χ0v) is 11.0. The molecule has 0 amide bonds. The lowest BCUT2D eigenvalue weighted by molar-refractivity contribution is -0.159. The predicted octanol–water partition coefficient (Wildman–Crippen LogP) is 2.65. The molecule has 1 rings (SSSR count). The molecule has 1 fully saturated rings. The first kappa shape index (κ1) is 14.5. The average Bonchev–Trinajstić information content (AvgIpc) is 2.49. The summed E-state index contributed by atoms with van der Waals surface area (Å²) in [6.45, 7) is 3.87. The quantitative estimate of drug-likeness (QED) is 0.192. The molecular formula is C15H20O3. The van der Waals surface area contributed by atoms with Crippen LogP contribution in [-0.4, -0.2) is 18.9 Å². The number of carbonyl (C=O) groups excluding carboxylic acids is 2. The summed E-state index contributed by atoms with van der Waals surface area (Å²) in [7, 11) is 1.33. The number of ether oxygens (including phenoxy) is 1. The highest BCUT2D eigenvalue weighted by Crippen LogP contribution is 2.39. The zero-order chi connectivity index (χ0) is 13.6. The van der Waals surface area contributed by atoms with Gasteiger partial charge >= 0.3 is 5.97 Å². The van der Waals surface area contributed by atoms with Gasteiger partial charge in [-0.15, -0.1) is 12.3 Å². The molecule has 0 spiro atoms. The fourth-order valence-corrected chi connectivity index (χ4v) is 2.53. The number of esters is 1. The van der Waals surface area contributed by atoms with Gasteiger partial charge in [0, 0.05) is 12.8 Å². The third-order valence-corrected chi connectivity index (χ3v) is 3.58. The van der Waals surface area contributed by atoms with Crippen LogP contribution in [0.1, 0.15) is 44.9 Å². The lowest BCUT2D eigenvalue weighted by Gasteiger charge is -2.27. The number of ketones is 1. The van der Waals surface area contributed by atoms with Gasteiger partial charge in [-0.05, 0) is 32.1 Å². The van der Waals surface area contributed by atoms with Gasteiger partial charge in [0.15, 0.2) is 5.78 Å². The zero-order valence-electron chi connectivity index (χ0n) is 11.0. The van der Waals surface area contributed by atoms with E-state index >= 15 is 0 Å². The van der Waals surface area contributed by atoms with Crippen LogP contribution in [-0.2, 0) is 14.3 Å². The molecule has 0 bridgehead atoms. The predicted molar refractivity (Wildman–Crippen MR) is 69.7 cm³/mol. The number of unbranched alkanes of at least 4 members (excludes halogenated alkanes) is 1. The molecule has 0 saturated heterocycles. The Labute approximate surface area is 109 Å². The van der Waals surface area contributed by atoms with E-state index in [1.54, 1.807) is 0 Å². The molecule has 1 unspecified atom stereocenters. The molecule has 1 saturated carbocycles. The molecule has 1 atom stereocenters. The number of Topliss-reactive ketones (excluding diaryl/α,β-unsaturated/α-hetero) is 1. The largest absolute Gasteiger partial charge is 0.468 e. The Balaban J connectivity index is 2.94. The van der Waals surface area contributed by atoms with Crippen LogP contribution in [0.5, 0.6) is 0 Å². The number of hydrogen-bond acceptors (Lipinski definition) is 3. The van der Waals surface area contributed by atoms with Crippen molar-refractivity contribution in [2.45, 2.75) is 44.9 Å². The molecule has 1 aliphatic rings. The minimum absolute atomic E-state index is 0.0612. The van der Waals surface area contributed by atoms with Crippen molar-refractivity contribution in [1.29, 1.82) is 0 Å². The third-order valence-electron chi connectivity index (χ3n) is 3.58. The number of allylic oxidation sites excluding steroid dienone is 1. The van der Waals surface area contributed by atoms with E-state index in [4.69, 9.17) is 11.2 Å². The lowest BCUT2D eigenvalue weighted by atomic mass is 9.75. The average molecular weight is 248 g/mol. The summed E-state index contributed by atoms with van der Waals surface area (Å²) in [5.41, 5.74) is -0.0897. The van der Waals surface area contributed by atoms with Crippen LogP contribution < -0.4 is 0 Å². The van der Waals surface area contributed by atoms with Crippen LogP contribution in [0.3, 0.4) is 0 Å². The molecule has 1 aliphatic carbocycles. The Bertz CT molecular complexity index is 389. The Morgan fingerprint density at radius 3 is 2.94 bits per heavy atom. The van der Waals surface area contributed by atoms with Gasteiger partial charge in [0.2, 0.25) is 0 Å². The van der Waals surface area contributed by atoms with E-state index in [2.05, 4.69) is 12.5 Å². The van der Waals surface area contributed by atoms with Gasteiger partial charge < -0.3 is 4.74 Å². The number of hydrogen-bond donors (Lipinski definition) is 0. The molecule has 3 heteroatoms. The van der Waals surface area contributed by atoms with Gasteiger partial charge in [0.1, 0.15) is 5.41 Å². The van der Waals surface area contributed by atoms with Crippen molar-refractivity contribution in [3.63, 3.8) is 0 Å². The molecule has 0 aromatic carbocycles. The minimum atomic E-state index is -0.995. The van der Waals surface area contributed by atoms with Crippen molar-refractivity contribution in [2.24, 2.45) is 5.41 Å². The summed E-state index contributed by atoms with van der Waals surface area (Å²) >= 11 is 0. The molecule has 3 nitrogen and oxygen atoms in total. The van der Waals surface area contributed by atoms with Crippen molar-refractivity contribution in [3.8, 4) is 12.3 Å². The number of carbonyl (C=O) groups is 2. The SMILES string of the molecule is C#CCCCC1(C(=O)OC)CCCC(=C)CC1=O. The molecular weight excluding hydrogens is 228 g/mol. The monoisotopic (exact) mass is 248 g/mol. The van der Waals surface area contributed by atoms with Crippen molar-refractivity contribution in [2.75, 3.05) is 7.11 Å². The summed E-state index contributed by atoms with van der Waals surface area (Å²) in [5, 5.41) is 0. The van der Waals surface area contributed by atoms with Crippen LogP contribution >= 0.6 is 0 Å². The summed E-state index contributed by atoms with van der Waals surface area (Å²) in [4.78, 5) is 24.4. The molecule has 0 N–H and O–H groups in total. The maximum atomic E-state index is 12.3. The van der Waals surface area contributed by atoms with E-state index in [0.29, 0.717) is 25.7 Å². The topological polar surface area (TPSA) is 43.4 Å². The van der Waals surface area contributed by atoms with Gasteiger partial charge in [-0.2, -0.15) is 0 Å². The smallest absolute Gasteiger partial charge is 0.319 e. The fraction of sp³-hybridized carbons (Fsp3) is 0.600. The first-order chi connectivity index (χ1) is 8.56. The van der Waals surface area contributed by atoms with Crippen LogP contribution in [0, 0.1) is 17.8 Å². The van der Waals surface area contributed by atoms with E-state index < -0.39 is 11.4 Å². The maximum absolute atomic E-state index is 12.3. The Morgan fingerprint density at radius 1 is 1.61 bits per heavy atom. The Morgan fingerprint density at radius 2 is 2.33 bits per heavy atom. The summed E-state index contributed by atoms with van der Waals surface area (Å²) in [5.74, 6) is 2.06. The summed E-state index contributed by atoms with van der Waals surface area (Å²) < 4.78 is 4.84. The van der Waals surface area contributed by atoms with Crippen LogP contribution in [0.4, 0.5) is 0 Å². The summed E-state index contributed by atoms with van der Waals surface area (Å²) in [6.07, 6.45) is 9.38. The van der Waals surface area contributed by atoms with E-state index in [1.165, 1.54) is 7.11 Å². The normalized spacial score (nSPS) is 24.2. The van der Waals surface area contributed by atoms with Crippen molar-refractivity contribution >= 4 is 11.8 Å². The van der Waals surface area contributed by atoms with E-state index in [0.717, 1.165) is 18.4 Å². The molecule has 0 heterocycles. The van der Waals surface area contributed by atoms with Gasteiger partial charge in [-0.25, -0.2) is 0 Å². The number of methoxy groups -OCH3 is 1. The maximum Gasteiger partial charge on any atom is 0.319 e. The second kappa shape index (κ2) is 6.39. The third kappa shape index (κ3) is 3.01. The lowest BCUT2D eigenvalue weighted by Crippen LogP contribution is -2.39. The van der Waals surface area contributed by atoms with Crippen molar-refractivity contribution in [3.05, 3.63) is 12.2 Å². The minimum Gasteiger partial charge on any atom is -0.468 e. The molecule has 18 heavy (non-hydrogen) atoms. The fourth-order valence-electron chi connectivity index (χ4n) is 2.53. The standard InChI is InChI=1S/C15H20O3/c1-4-5-6-9-15(14(17)18-3)10-7-8-12(2)11-13(15)16/h1H,2,5-11H2,3H3. The van der Waals surface area contributed by atoms with Crippen LogP contribution in [0.25, 0.3) is 0 Å². The van der Waals surface area contributed by atoms with Crippen LogP contribution in [0.2, 0.25) is 0 Å². The van der Waals surface area contributed by atoms with E-state index in [1.807, 2.05) is 0 Å². The highest BCUT2D eigenvalue weighted by molar-refractivity contribution is 6.04. The molecule has 0 aliphatic heterocycles.